The van der Waals surface area contributed by atoms with E-state index in [2.05, 4.69) is 19.2 Å². The van der Waals surface area contributed by atoms with Crippen molar-refractivity contribution in [3.8, 4) is 0 Å². The quantitative estimate of drug-likeness (QED) is 0.882. The zero-order valence-corrected chi connectivity index (χ0v) is 13.2. The van der Waals surface area contributed by atoms with Crippen LogP contribution in [0.5, 0.6) is 0 Å². The molecule has 1 atom stereocenters. The van der Waals surface area contributed by atoms with E-state index >= 15 is 0 Å². The van der Waals surface area contributed by atoms with Crippen LogP contribution in [-0.2, 0) is 16.0 Å². The van der Waals surface area contributed by atoms with Crippen molar-refractivity contribution >= 4 is 17.6 Å². The van der Waals surface area contributed by atoms with Crippen LogP contribution in [0.1, 0.15) is 41.3 Å². The number of amides is 1. The van der Waals surface area contributed by atoms with Gasteiger partial charge in [0, 0.05) is 12.1 Å². The number of esters is 1. The summed E-state index contributed by atoms with van der Waals surface area (Å²) in [5.41, 5.74) is 3.30. The number of rotatable bonds is 3. The lowest BCUT2D eigenvalue weighted by Crippen LogP contribution is -2.37. The lowest BCUT2D eigenvalue weighted by molar-refractivity contribution is -0.125. The van der Waals surface area contributed by atoms with Crippen molar-refractivity contribution in [1.29, 1.82) is 0 Å². The summed E-state index contributed by atoms with van der Waals surface area (Å²) < 4.78 is 5.26. The van der Waals surface area contributed by atoms with E-state index in [-0.39, 0.29) is 5.91 Å². The summed E-state index contributed by atoms with van der Waals surface area (Å²) in [6, 6.07) is 14.9. The van der Waals surface area contributed by atoms with E-state index in [4.69, 9.17) is 4.74 Å². The standard InChI is InChI=1S/C19H19NO3/c1-12(2)13-7-9-15(10-8-13)20-18(21)17-11-14-5-3-4-6-16(14)19(22)23-17/h3-10,12,17H,11H2,1-2H3,(H,20,21)/t17-/m1/s1. The van der Waals surface area contributed by atoms with Crippen LogP contribution < -0.4 is 5.32 Å². The van der Waals surface area contributed by atoms with Gasteiger partial charge in [-0.05, 0) is 35.2 Å². The number of fused-ring (bicyclic) bond motifs is 1. The molecule has 1 aliphatic rings. The Kier molecular flexibility index (Phi) is 4.15. The molecule has 0 fully saturated rings. The molecule has 0 unspecified atom stereocenters. The van der Waals surface area contributed by atoms with Gasteiger partial charge in [0.25, 0.3) is 5.91 Å². The monoisotopic (exact) mass is 309 g/mol. The van der Waals surface area contributed by atoms with Gasteiger partial charge in [-0.25, -0.2) is 4.79 Å². The van der Waals surface area contributed by atoms with Crippen LogP contribution in [0, 0.1) is 0 Å². The minimum Gasteiger partial charge on any atom is -0.448 e. The summed E-state index contributed by atoms with van der Waals surface area (Å²) in [7, 11) is 0. The van der Waals surface area contributed by atoms with E-state index in [1.807, 2.05) is 36.4 Å². The van der Waals surface area contributed by atoms with E-state index in [1.165, 1.54) is 5.56 Å². The average Bonchev–Trinajstić information content (AvgIpc) is 2.55. The lowest BCUT2D eigenvalue weighted by atomic mass is 9.98. The molecule has 2 aromatic carbocycles. The molecular weight excluding hydrogens is 290 g/mol. The maximum absolute atomic E-state index is 12.4. The van der Waals surface area contributed by atoms with Crippen LogP contribution in [0.25, 0.3) is 0 Å². The van der Waals surface area contributed by atoms with Crippen molar-refractivity contribution in [2.75, 3.05) is 5.32 Å². The normalized spacial score (nSPS) is 16.7. The van der Waals surface area contributed by atoms with E-state index in [9.17, 15) is 9.59 Å². The molecule has 0 spiro atoms. The predicted molar refractivity (Wildman–Crippen MR) is 88.5 cm³/mol. The molecule has 0 aliphatic carbocycles. The number of hydrogen-bond acceptors (Lipinski definition) is 3. The smallest absolute Gasteiger partial charge is 0.339 e. The first kappa shape index (κ1) is 15.3. The second-order valence-electron chi connectivity index (χ2n) is 6.02. The maximum Gasteiger partial charge on any atom is 0.339 e. The van der Waals surface area contributed by atoms with Crippen LogP contribution in [0.4, 0.5) is 5.69 Å². The molecule has 1 aliphatic heterocycles. The Hall–Kier alpha value is -2.62. The Morgan fingerprint density at radius 3 is 2.52 bits per heavy atom. The van der Waals surface area contributed by atoms with Gasteiger partial charge in [-0.15, -0.1) is 0 Å². The zero-order valence-electron chi connectivity index (χ0n) is 13.2. The number of carbonyl (C=O) groups is 2. The predicted octanol–water partition coefficient (Wildman–Crippen LogP) is 3.53. The van der Waals surface area contributed by atoms with Crippen molar-refractivity contribution in [2.45, 2.75) is 32.3 Å². The van der Waals surface area contributed by atoms with Gasteiger partial charge < -0.3 is 10.1 Å². The second-order valence-corrected chi connectivity index (χ2v) is 6.02. The Bertz CT molecular complexity index is 735. The molecule has 0 aromatic heterocycles. The van der Waals surface area contributed by atoms with Gasteiger partial charge in [0.15, 0.2) is 6.10 Å². The van der Waals surface area contributed by atoms with Crippen LogP contribution >= 0.6 is 0 Å². The molecule has 118 valence electrons. The number of hydrogen-bond donors (Lipinski definition) is 1. The minimum absolute atomic E-state index is 0.301. The highest BCUT2D eigenvalue weighted by Crippen LogP contribution is 2.22. The number of ether oxygens (including phenoxy) is 1. The molecule has 0 saturated heterocycles. The van der Waals surface area contributed by atoms with Crippen molar-refractivity contribution < 1.29 is 14.3 Å². The van der Waals surface area contributed by atoms with Gasteiger partial charge in [-0.1, -0.05) is 44.2 Å². The van der Waals surface area contributed by atoms with E-state index in [1.54, 1.807) is 12.1 Å². The number of carbonyl (C=O) groups excluding carboxylic acids is 2. The Balaban J connectivity index is 1.71. The molecule has 0 saturated carbocycles. The van der Waals surface area contributed by atoms with Crippen molar-refractivity contribution in [2.24, 2.45) is 0 Å². The Morgan fingerprint density at radius 1 is 1.13 bits per heavy atom. The average molecular weight is 309 g/mol. The fraction of sp³-hybridized carbons (Fsp3) is 0.263. The molecule has 4 heteroatoms. The van der Waals surface area contributed by atoms with Gasteiger partial charge in [-0.3, -0.25) is 4.79 Å². The summed E-state index contributed by atoms with van der Waals surface area (Å²) >= 11 is 0. The number of nitrogens with one attached hydrogen (secondary N) is 1. The van der Waals surface area contributed by atoms with Gasteiger partial charge in [-0.2, -0.15) is 0 Å². The molecule has 3 rings (SSSR count). The van der Waals surface area contributed by atoms with Gasteiger partial charge >= 0.3 is 5.97 Å². The number of benzene rings is 2. The van der Waals surface area contributed by atoms with E-state index in [0.717, 1.165) is 5.56 Å². The number of anilines is 1. The first-order valence-electron chi connectivity index (χ1n) is 7.74. The third-order valence-electron chi connectivity index (χ3n) is 4.03. The van der Waals surface area contributed by atoms with Crippen LogP contribution in [0.15, 0.2) is 48.5 Å². The van der Waals surface area contributed by atoms with E-state index in [0.29, 0.717) is 23.6 Å². The van der Waals surface area contributed by atoms with Crippen LogP contribution in [0.2, 0.25) is 0 Å². The van der Waals surface area contributed by atoms with Crippen molar-refractivity contribution in [1.82, 2.24) is 0 Å². The summed E-state index contributed by atoms with van der Waals surface area (Å²) in [4.78, 5) is 24.3. The third-order valence-corrected chi connectivity index (χ3v) is 4.03. The van der Waals surface area contributed by atoms with Crippen molar-refractivity contribution in [3.63, 3.8) is 0 Å². The molecule has 1 heterocycles. The van der Waals surface area contributed by atoms with Crippen LogP contribution in [0.3, 0.4) is 0 Å². The first-order chi connectivity index (χ1) is 11.0. The molecule has 0 radical (unpaired) electrons. The molecule has 23 heavy (non-hydrogen) atoms. The maximum atomic E-state index is 12.4. The van der Waals surface area contributed by atoms with Gasteiger partial charge in [0.05, 0.1) is 5.56 Å². The molecular formula is C19H19NO3. The highest BCUT2D eigenvalue weighted by Gasteiger charge is 2.30. The molecule has 1 N–H and O–H groups in total. The molecule has 4 nitrogen and oxygen atoms in total. The number of cyclic esters (lactones) is 1. The van der Waals surface area contributed by atoms with Crippen molar-refractivity contribution in [3.05, 3.63) is 65.2 Å². The fourth-order valence-corrected chi connectivity index (χ4v) is 2.65. The summed E-state index contributed by atoms with van der Waals surface area (Å²) in [6.07, 6.45) is -0.389. The summed E-state index contributed by atoms with van der Waals surface area (Å²) in [5, 5.41) is 2.81. The largest absolute Gasteiger partial charge is 0.448 e. The minimum atomic E-state index is -0.790. The topological polar surface area (TPSA) is 55.4 Å². The fourth-order valence-electron chi connectivity index (χ4n) is 2.65. The third kappa shape index (κ3) is 3.26. The first-order valence-corrected chi connectivity index (χ1v) is 7.74. The summed E-state index contributed by atoms with van der Waals surface area (Å²) in [5.74, 6) is -0.303. The van der Waals surface area contributed by atoms with Gasteiger partial charge in [0.2, 0.25) is 0 Å². The molecule has 2 aromatic rings. The SMILES string of the molecule is CC(C)c1ccc(NC(=O)[C@H]2Cc3ccccc3C(=O)O2)cc1. The van der Waals surface area contributed by atoms with Crippen LogP contribution in [-0.4, -0.2) is 18.0 Å². The van der Waals surface area contributed by atoms with Gasteiger partial charge in [0.1, 0.15) is 0 Å². The van der Waals surface area contributed by atoms with E-state index < -0.39 is 12.1 Å². The molecule has 1 amide bonds. The highest BCUT2D eigenvalue weighted by molar-refractivity contribution is 6.00. The highest BCUT2D eigenvalue weighted by atomic mass is 16.5. The Morgan fingerprint density at radius 2 is 1.83 bits per heavy atom. The second kappa shape index (κ2) is 6.24. The molecule has 0 bridgehead atoms. The Labute approximate surface area is 135 Å². The summed E-state index contributed by atoms with van der Waals surface area (Å²) in [6.45, 7) is 4.24. The zero-order chi connectivity index (χ0) is 16.4. The lowest BCUT2D eigenvalue weighted by Gasteiger charge is -2.23.